The molecule has 0 saturated heterocycles. The Labute approximate surface area is 133 Å². The van der Waals surface area contributed by atoms with E-state index >= 15 is 0 Å². The fourth-order valence-corrected chi connectivity index (χ4v) is 2.52. The van der Waals surface area contributed by atoms with E-state index in [1.54, 1.807) is 12.1 Å². The lowest BCUT2D eigenvalue weighted by molar-refractivity contribution is -0.121. The van der Waals surface area contributed by atoms with Crippen LogP contribution in [-0.2, 0) is 14.8 Å². The third kappa shape index (κ3) is 4.75. The highest BCUT2D eigenvalue weighted by molar-refractivity contribution is 7.89. The summed E-state index contributed by atoms with van der Waals surface area (Å²) < 4.78 is 28.9. The first-order chi connectivity index (χ1) is 10.3. The average molecular weight is 340 g/mol. The fraction of sp³-hybridized carbons (Fsp3) is 0.133. The van der Waals surface area contributed by atoms with E-state index < -0.39 is 22.5 Å². The highest BCUT2D eigenvalue weighted by atomic mass is 35.5. The van der Waals surface area contributed by atoms with Gasteiger partial charge in [-0.15, -0.1) is 0 Å². The van der Waals surface area contributed by atoms with Crippen LogP contribution in [0.1, 0.15) is 0 Å². The van der Waals surface area contributed by atoms with Gasteiger partial charge in [0.2, 0.25) is 10.0 Å². The van der Waals surface area contributed by atoms with Gasteiger partial charge in [0.1, 0.15) is 5.75 Å². The number of hydrogen-bond acceptors (Lipinski definition) is 4. The molecule has 0 fully saturated rings. The summed E-state index contributed by atoms with van der Waals surface area (Å²) in [7, 11) is -3.59. The predicted octanol–water partition coefficient (Wildman–Crippen LogP) is 2.46. The number of benzene rings is 2. The van der Waals surface area contributed by atoms with Crippen LogP contribution in [-0.4, -0.2) is 27.2 Å². The third-order valence-electron chi connectivity index (χ3n) is 2.70. The number of sulfonamides is 1. The number of rotatable bonds is 5. The van der Waals surface area contributed by atoms with E-state index in [9.17, 15) is 13.2 Å². The van der Waals surface area contributed by atoms with Crippen LogP contribution in [0.15, 0.2) is 48.5 Å². The molecule has 0 bridgehead atoms. The Balaban J connectivity index is 2.06. The molecule has 0 aliphatic carbocycles. The molecule has 7 heteroatoms. The van der Waals surface area contributed by atoms with E-state index in [2.05, 4.69) is 0 Å². The zero-order chi connectivity index (χ0) is 16.2. The smallest absolute Gasteiger partial charge is 0.271 e. The minimum absolute atomic E-state index is 0.310. The first-order valence-corrected chi connectivity index (χ1v) is 8.60. The standard InChI is InChI=1S/C15H14ClNO4S/c1-22(19,20)17-15(18)10-21-14-8-7-12(9-13(14)16)11-5-3-2-4-6-11/h2-9H,10H2,1H3,(H,17,18). The van der Waals surface area contributed by atoms with E-state index in [0.29, 0.717) is 10.8 Å². The molecular weight excluding hydrogens is 326 g/mol. The van der Waals surface area contributed by atoms with Crippen LogP contribution in [0.5, 0.6) is 5.75 Å². The highest BCUT2D eigenvalue weighted by Gasteiger charge is 2.11. The van der Waals surface area contributed by atoms with E-state index in [1.807, 2.05) is 41.1 Å². The van der Waals surface area contributed by atoms with Crippen LogP contribution in [0.2, 0.25) is 5.02 Å². The van der Waals surface area contributed by atoms with Crippen molar-refractivity contribution in [2.24, 2.45) is 0 Å². The van der Waals surface area contributed by atoms with Crippen LogP contribution in [0, 0.1) is 0 Å². The van der Waals surface area contributed by atoms with Gasteiger partial charge in [-0.05, 0) is 23.3 Å². The van der Waals surface area contributed by atoms with Crippen molar-refractivity contribution < 1.29 is 17.9 Å². The van der Waals surface area contributed by atoms with Crippen LogP contribution in [0.4, 0.5) is 0 Å². The van der Waals surface area contributed by atoms with Crippen LogP contribution in [0.3, 0.4) is 0 Å². The van der Waals surface area contributed by atoms with E-state index in [-0.39, 0.29) is 0 Å². The van der Waals surface area contributed by atoms with Gasteiger partial charge in [0.05, 0.1) is 11.3 Å². The number of hydrogen-bond donors (Lipinski definition) is 1. The molecule has 0 spiro atoms. The van der Waals surface area contributed by atoms with Crippen molar-refractivity contribution in [2.75, 3.05) is 12.9 Å². The molecule has 1 amide bonds. The zero-order valence-corrected chi connectivity index (χ0v) is 13.3. The summed E-state index contributed by atoms with van der Waals surface area (Å²) in [5, 5.41) is 0.341. The Kier molecular flexibility index (Phi) is 5.05. The number of nitrogens with one attached hydrogen (secondary N) is 1. The molecule has 2 aromatic carbocycles. The molecule has 2 rings (SSSR count). The second-order valence-electron chi connectivity index (χ2n) is 4.60. The molecule has 0 unspecified atom stereocenters. The Morgan fingerprint density at radius 1 is 1.14 bits per heavy atom. The van der Waals surface area contributed by atoms with Crippen molar-refractivity contribution in [3.05, 3.63) is 53.6 Å². The molecule has 2 aromatic rings. The summed E-state index contributed by atoms with van der Waals surface area (Å²) in [4.78, 5) is 11.4. The lowest BCUT2D eigenvalue weighted by atomic mass is 10.1. The molecule has 0 aliphatic heterocycles. The summed E-state index contributed by atoms with van der Waals surface area (Å²) >= 11 is 6.12. The van der Waals surface area contributed by atoms with Crippen LogP contribution in [0.25, 0.3) is 11.1 Å². The topological polar surface area (TPSA) is 72.5 Å². The monoisotopic (exact) mass is 339 g/mol. The summed E-state index contributed by atoms with van der Waals surface area (Å²) in [6.45, 7) is -0.433. The van der Waals surface area contributed by atoms with Crippen molar-refractivity contribution in [3.8, 4) is 16.9 Å². The first kappa shape index (κ1) is 16.3. The fourth-order valence-electron chi connectivity index (χ4n) is 1.81. The Morgan fingerprint density at radius 2 is 1.82 bits per heavy atom. The summed E-state index contributed by atoms with van der Waals surface area (Å²) in [5.41, 5.74) is 1.92. The maximum Gasteiger partial charge on any atom is 0.271 e. The van der Waals surface area contributed by atoms with E-state index in [1.165, 1.54) is 0 Å². The maximum atomic E-state index is 11.4. The number of halogens is 1. The second-order valence-corrected chi connectivity index (χ2v) is 6.75. The molecular formula is C15H14ClNO4S. The summed E-state index contributed by atoms with van der Waals surface area (Å²) in [6.07, 6.45) is 0.895. The maximum absolute atomic E-state index is 11.4. The molecule has 1 N–H and O–H groups in total. The summed E-state index contributed by atoms with van der Waals surface area (Å²) in [5.74, 6) is -0.448. The third-order valence-corrected chi connectivity index (χ3v) is 3.59. The van der Waals surface area contributed by atoms with Crippen LogP contribution < -0.4 is 9.46 Å². The molecule has 0 atom stereocenters. The van der Waals surface area contributed by atoms with Gasteiger partial charge >= 0.3 is 0 Å². The predicted molar refractivity (Wildman–Crippen MR) is 85.4 cm³/mol. The van der Waals surface area contributed by atoms with Gasteiger partial charge in [-0.2, -0.15) is 0 Å². The van der Waals surface area contributed by atoms with Gasteiger partial charge < -0.3 is 4.74 Å². The average Bonchev–Trinajstić information content (AvgIpc) is 2.45. The van der Waals surface area contributed by atoms with Gasteiger partial charge in [-0.3, -0.25) is 9.52 Å². The largest absolute Gasteiger partial charge is 0.482 e. The highest BCUT2D eigenvalue weighted by Crippen LogP contribution is 2.30. The zero-order valence-electron chi connectivity index (χ0n) is 11.7. The molecule has 116 valence electrons. The molecule has 5 nitrogen and oxygen atoms in total. The van der Waals surface area contributed by atoms with Crippen molar-refractivity contribution in [1.82, 2.24) is 4.72 Å². The van der Waals surface area contributed by atoms with Gasteiger partial charge in [-0.25, -0.2) is 8.42 Å². The SMILES string of the molecule is CS(=O)(=O)NC(=O)COc1ccc(-c2ccccc2)cc1Cl. The van der Waals surface area contributed by atoms with Gasteiger partial charge in [-0.1, -0.05) is 48.0 Å². The second kappa shape index (κ2) is 6.81. The molecule has 0 aliphatic rings. The number of amides is 1. The first-order valence-electron chi connectivity index (χ1n) is 6.33. The van der Waals surface area contributed by atoms with Crippen molar-refractivity contribution in [3.63, 3.8) is 0 Å². The van der Waals surface area contributed by atoms with E-state index in [0.717, 1.165) is 17.4 Å². The normalized spacial score (nSPS) is 11.0. The molecule has 22 heavy (non-hydrogen) atoms. The molecule has 0 radical (unpaired) electrons. The minimum atomic E-state index is -3.59. The van der Waals surface area contributed by atoms with Crippen molar-refractivity contribution in [1.29, 1.82) is 0 Å². The molecule has 0 aromatic heterocycles. The molecule has 0 heterocycles. The van der Waals surface area contributed by atoms with E-state index in [4.69, 9.17) is 16.3 Å². The van der Waals surface area contributed by atoms with Crippen LogP contribution >= 0.6 is 11.6 Å². The number of ether oxygens (including phenoxy) is 1. The van der Waals surface area contributed by atoms with Gasteiger partial charge in [0, 0.05) is 0 Å². The number of carbonyl (C=O) groups excluding carboxylic acids is 1. The van der Waals surface area contributed by atoms with Gasteiger partial charge in [0.15, 0.2) is 6.61 Å². The lowest BCUT2D eigenvalue weighted by Gasteiger charge is -2.09. The quantitative estimate of drug-likeness (QED) is 0.908. The Morgan fingerprint density at radius 3 is 2.41 bits per heavy atom. The molecule has 0 saturated carbocycles. The minimum Gasteiger partial charge on any atom is -0.482 e. The number of carbonyl (C=O) groups is 1. The lowest BCUT2D eigenvalue weighted by Crippen LogP contribution is -2.33. The summed E-state index contributed by atoms with van der Waals surface area (Å²) in [6, 6.07) is 14.8. The Hall–Kier alpha value is -2.05. The van der Waals surface area contributed by atoms with Crippen molar-refractivity contribution >= 4 is 27.5 Å². The van der Waals surface area contributed by atoms with Gasteiger partial charge in [0.25, 0.3) is 5.91 Å². The van der Waals surface area contributed by atoms with Crippen molar-refractivity contribution in [2.45, 2.75) is 0 Å². The Bertz CT molecular complexity index is 775.